The fourth-order valence-corrected chi connectivity index (χ4v) is 1.98. The van der Waals surface area contributed by atoms with Gasteiger partial charge in [0.2, 0.25) is 0 Å². The van der Waals surface area contributed by atoms with Crippen LogP contribution in [0.15, 0.2) is 12.4 Å². The molecule has 1 saturated heterocycles. The van der Waals surface area contributed by atoms with Gasteiger partial charge >= 0.3 is 12.0 Å². The van der Waals surface area contributed by atoms with Gasteiger partial charge in [0.05, 0.1) is 0 Å². The minimum Gasteiger partial charge on any atom is -0.476 e. The minimum absolute atomic E-state index is 0.0152. The average molecular weight is 264 g/mol. The molecule has 0 bridgehead atoms. The largest absolute Gasteiger partial charge is 0.476 e. The number of amides is 2. The van der Waals surface area contributed by atoms with Crippen LogP contribution in [0.5, 0.6) is 0 Å². The molecule has 1 fully saturated rings. The lowest BCUT2D eigenvalue weighted by Crippen LogP contribution is -2.41. The number of anilines is 1. The molecule has 1 aromatic rings. The standard InChI is InChI=1S/C12H16N4O3/c1-8-2-6-16(7-3-8)12(19)15-10-9(11(17)18)13-4-5-14-10/h4-5,8H,2-3,6-7H2,1H3,(H,17,18)(H,14,15,19). The van der Waals surface area contributed by atoms with Crippen LogP contribution in [0.4, 0.5) is 10.6 Å². The van der Waals surface area contributed by atoms with E-state index in [4.69, 9.17) is 5.11 Å². The van der Waals surface area contributed by atoms with E-state index in [0.29, 0.717) is 19.0 Å². The van der Waals surface area contributed by atoms with E-state index >= 15 is 0 Å². The van der Waals surface area contributed by atoms with E-state index in [1.807, 2.05) is 0 Å². The Labute approximate surface area is 110 Å². The van der Waals surface area contributed by atoms with Gasteiger partial charge in [0.25, 0.3) is 0 Å². The van der Waals surface area contributed by atoms with Crippen LogP contribution in [0.3, 0.4) is 0 Å². The Bertz CT molecular complexity index is 484. The molecule has 1 aromatic heterocycles. The second-order valence-corrected chi connectivity index (χ2v) is 4.66. The first kappa shape index (κ1) is 13.3. The molecule has 2 heterocycles. The van der Waals surface area contributed by atoms with Crippen LogP contribution in [0, 0.1) is 5.92 Å². The number of carbonyl (C=O) groups is 2. The van der Waals surface area contributed by atoms with Gasteiger partial charge in [0.1, 0.15) is 0 Å². The van der Waals surface area contributed by atoms with Gasteiger partial charge in [-0.1, -0.05) is 6.92 Å². The molecule has 7 nitrogen and oxygen atoms in total. The number of aromatic carboxylic acids is 1. The third-order valence-electron chi connectivity index (χ3n) is 3.20. The monoisotopic (exact) mass is 264 g/mol. The zero-order valence-corrected chi connectivity index (χ0v) is 10.7. The molecular weight excluding hydrogens is 248 g/mol. The van der Waals surface area contributed by atoms with Crippen LogP contribution in [0.25, 0.3) is 0 Å². The van der Waals surface area contributed by atoms with Gasteiger partial charge in [0, 0.05) is 25.5 Å². The number of carboxylic acid groups (broad SMARTS) is 1. The molecule has 1 aliphatic rings. The zero-order valence-electron chi connectivity index (χ0n) is 10.7. The summed E-state index contributed by atoms with van der Waals surface area (Å²) < 4.78 is 0. The van der Waals surface area contributed by atoms with E-state index in [-0.39, 0.29) is 17.5 Å². The quantitative estimate of drug-likeness (QED) is 0.842. The molecule has 0 aliphatic carbocycles. The van der Waals surface area contributed by atoms with E-state index in [9.17, 15) is 9.59 Å². The van der Waals surface area contributed by atoms with Gasteiger partial charge in [-0.15, -0.1) is 0 Å². The van der Waals surface area contributed by atoms with Crippen molar-refractivity contribution < 1.29 is 14.7 Å². The number of likely N-dealkylation sites (tertiary alicyclic amines) is 1. The Morgan fingerprint density at radius 3 is 2.58 bits per heavy atom. The van der Waals surface area contributed by atoms with Crippen molar-refractivity contribution in [1.29, 1.82) is 0 Å². The number of hydrogen-bond donors (Lipinski definition) is 2. The molecule has 0 atom stereocenters. The highest BCUT2D eigenvalue weighted by atomic mass is 16.4. The fourth-order valence-electron chi connectivity index (χ4n) is 1.98. The molecule has 2 N–H and O–H groups in total. The number of nitrogens with zero attached hydrogens (tertiary/aromatic N) is 3. The van der Waals surface area contributed by atoms with Crippen LogP contribution >= 0.6 is 0 Å². The Morgan fingerprint density at radius 1 is 1.32 bits per heavy atom. The van der Waals surface area contributed by atoms with Crippen molar-refractivity contribution in [1.82, 2.24) is 14.9 Å². The molecule has 0 spiro atoms. The second-order valence-electron chi connectivity index (χ2n) is 4.66. The summed E-state index contributed by atoms with van der Waals surface area (Å²) >= 11 is 0. The topological polar surface area (TPSA) is 95.4 Å². The third kappa shape index (κ3) is 3.18. The number of aromatic nitrogens is 2. The predicted molar refractivity (Wildman–Crippen MR) is 68.0 cm³/mol. The molecular formula is C12H16N4O3. The Balaban J connectivity index is 2.05. The average Bonchev–Trinajstić information content (AvgIpc) is 2.39. The molecule has 0 radical (unpaired) electrons. The predicted octanol–water partition coefficient (Wildman–Crippen LogP) is 1.44. The van der Waals surface area contributed by atoms with Crippen molar-refractivity contribution in [3.63, 3.8) is 0 Å². The van der Waals surface area contributed by atoms with Crippen molar-refractivity contribution >= 4 is 17.8 Å². The summed E-state index contributed by atoms with van der Waals surface area (Å²) in [6.07, 6.45) is 4.54. The van der Waals surface area contributed by atoms with Gasteiger partial charge in [-0.05, 0) is 18.8 Å². The maximum Gasteiger partial charge on any atom is 0.358 e. The SMILES string of the molecule is CC1CCN(C(=O)Nc2nccnc2C(=O)O)CC1. The first-order valence-electron chi connectivity index (χ1n) is 6.18. The molecule has 2 amide bonds. The van der Waals surface area contributed by atoms with E-state index < -0.39 is 5.97 Å². The maximum absolute atomic E-state index is 12.0. The lowest BCUT2D eigenvalue weighted by Gasteiger charge is -2.30. The van der Waals surface area contributed by atoms with E-state index in [1.165, 1.54) is 12.4 Å². The van der Waals surface area contributed by atoms with Crippen LogP contribution in [0.2, 0.25) is 0 Å². The van der Waals surface area contributed by atoms with Crippen LogP contribution in [-0.4, -0.2) is 45.1 Å². The summed E-state index contributed by atoms with van der Waals surface area (Å²) in [5.41, 5.74) is -0.249. The third-order valence-corrected chi connectivity index (χ3v) is 3.20. The van der Waals surface area contributed by atoms with Crippen molar-refractivity contribution in [2.24, 2.45) is 5.92 Å². The molecule has 0 aromatic carbocycles. The van der Waals surface area contributed by atoms with Crippen LogP contribution in [0.1, 0.15) is 30.3 Å². The number of rotatable bonds is 2. The smallest absolute Gasteiger partial charge is 0.358 e. The highest BCUT2D eigenvalue weighted by molar-refractivity contribution is 5.97. The maximum atomic E-state index is 12.0. The van der Waals surface area contributed by atoms with Crippen molar-refractivity contribution in [2.45, 2.75) is 19.8 Å². The van der Waals surface area contributed by atoms with Crippen LogP contribution in [-0.2, 0) is 0 Å². The van der Waals surface area contributed by atoms with Crippen molar-refractivity contribution in [3.8, 4) is 0 Å². The Morgan fingerprint density at radius 2 is 1.95 bits per heavy atom. The van der Waals surface area contributed by atoms with Crippen molar-refractivity contribution in [3.05, 3.63) is 18.1 Å². The molecule has 102 valence electrons. The highest BCUT2D eigenvalue weighted by Crippen LogP contribution is 2.17. The first-order chi connectivity index (χ1) is 9.08. The molecule has 7 heteroatoms. The number of hydrogen-bond acceptors (Lipinski definition) is 4. The van der Waals surface area contributed by atoms with Gasteiger partial charge in [-0.2, -0.15) is 0 Å². The zero-order chi connectivity index (χ0) is 13.8. The van der Waals surface area contributed by atoms with E-state index in [1.54, 1.807) is 4.90 Å². The van der Waals surface area contributed by atoms with E-state index in [0.717, 1.165) is 12.8 Å². The number of nitrogens with one attached hydrogen (secondary N) is 1. The Hall–Kier alpha value is -2.18. The van der Waals surface area contributed by atoms with Gasteiger partial charge in [-0.3, -0.25) is 5.32 Å². The summed E-state index contributed by atoms with van der Waals surface area (Å²) in [5, 5.41) is 11.5. The summed E-state index contributed by atoms with van der Waals surface area (Å²) in [7, 11) is 0. The number of carboxylic acids is 1. The van der Waals surface area contributed by atoms with Crippen LogP contribution < -0.4 is 5.32 Å². The van der Waals surface area contributed by atoms with Gasteiger partial charge < -0.3 is 10.0 Å². The molecule has 2 rings (SSSR count). The van der Waals surface area contributed by atoms with E-state index in [2.05, 4.69) is 22.2 Å². The highest BCUT2D eigenvalue weighted by Gasteiger charge is 2.22. The Kier molecular flexibility index (Phi) is 3.94. The molecule has 0 unspecified atom stereocenters. The minimum atomic E-state index is -1.21. The molecule has 19 heavy (non-hydrogen) atoms. The van der Waals surface area contributed by atoms with Gasteiger partial charge in [0.15, 0.2) is 11.5 Å². The second kappa shape index (κ2) is 5.64. The number of piperidine rings is 1. The lowest BCUT2D eigenvalue weighted by atomic mass is 10.00. The number of carbonyl (C=O) groups excluding carboxylic acids is 1. The van der Waals surface area contributed by atoms with Crippen molar-refractivity contribution in [2.75, 3.05) is 18.4 Å². The first-order valence-corrected chi connectivity index (χ1v) is 6.18. The fraction of sp³-hybridized carbons (Fsp3) is 0.500. The normalized spacial score (nSPS) is 16.2. The van der Waals surface area contributed by atoms with Gasteiger partial charge in [-0.25, -0.2) is 19.6 Å². The molecule has 1 aliphatic heterocycles. The summed E-state index contributed by atoms with van der Waals surface area (Å²) in [6, 6.07) is -0.324. The molecule has 0 saturated carbocycles. The summed E-state index contributed by atoms with van der Waals surface area (Å²) in [6.45, 7) is 3.51. The lowest BCUT2D eigenvalue weighted by molar-refractivity contribution is 0.0691. The summed E-state index contributed by atoms with van der Waals surface area (Å²) in [4.78, 5) is 32.2. The summed E-state index contributed by atoms with van der Waals surface area (Å²) in [5.74, 6) is -0.607. The number of urea groups is 1.